The van der Waals surface area contributed by atoms with Crippen LogP contribution in [0.5, 0.6) is 0 Å². The maximum Gasteiger partial charge on any atom is 0.128 e. The highest BCUT2D eigenvalue weighted by Gasteiger charge is 2.15. The molecule has 2 rings (SSSR count). The number of anilines is 2. The maximum absolute atomic E-state index is 4.45. The number of hydrogen-bond acceptors (Lipinski definition) is 3. The molecule has 1 atom stereocenters. The zero-order valence-corrected chi connectivity index (χ0v) is 12.7. The smallest absolute Gasteiger partial charge is 0.128 e. The molecule has 0 amide bonds. The van der Waals surface area contributed by atoms with Gasteiger partial charge >= 0.3 is 0 Å². The summed E-state index contributed by atoms with van der Waals surface area (Å²) in [6, 6.07) is 15.0. The van der Waals surface area contributed by atoms with Crippen molar-refractivity contribution in [2.45, 2.75) is 19.9 Å². The van der Waals surface area contributed by atoms with Crippen LogP contribution in [-0.4, -0.2) is 19.1 Å². The molecule has 0 fully saturated rings. The van der Waals surface area contributed by atoms with E-state index in [2.05, 4.69) is 54.5 Å². The third kappa shape index (κ3) is 3.50. The van der Waals surface area contributed by atoms with Crippen LogP contribution >= 0.6 is 0 Å². The van der Waals surface area contributed by atoms with E-state index in [0.29, 0.717) is 12.0 Å². The summed E-state index contributed by atoms with van der Waals surface area (Å²) in [5, 5.41) is 3.58. The molecule has 0 aliphatic heterocycles. The average Bonchev–Trinajstić information content (AvgIpc) is 2.46. The normalized spacial score (nSPS) is 12.2. The number of rotatable bonds is 5. The van der Waals surface area contributed by atoms with Gasteiger partial charge in [-0.3, -0.25) is 0 Å². The van der Waals surface area contributed by atoms with Crippen LogP contribution in [-0.2, 0) is 0 Å². The van der Waals surface area contributed by atoms with Crippen LogP contribution in [0.2, 0.25) is 0 Å². The maximum atomic E-state index is 4.45. The number of nitrogens with one attached hydrogen (secondary N) is 1. The van der Waals surface area contributed by atoms with Crippen LogP contribution in [0.3, 0.4) is 0 Å². The molecule has 0 radical (unpaired) electrons. The zero-order chi connectivity index (χ0) is 14.5. The minimum atomic E-state index is 0.295. The van der Waals surface area contributed by atoms with Gasteiger partial charge in [0.15, 0.2) is 0 Å². The third-order valence-electron chi connectivity index (χ3n) is 3.35. The lowest BCUT2D eigenvalue weighted by Crippen LogP contribution is -2.17. The number of aromatic nitrogens is 1. The van der Waals surface area contributed by atoms with Crippen LogP contribution in [0.1, 0.15) is 25.5 Å². The zero-order valence-electron chi connectivity index (χ0n) is 12.7. The minimum Gasteiger partial charge on any atom is -0.377 e. The van der Waals surface area contributed by atoms with Crippen molar-refractivity contribution in [1.29, 1.82) is 0 Å². The Balaban J connectivity index is 2.17. The molecule has 0 aliphatic carbocycles. The molecule has 0 saturated carbocycles. The Morgan fingerprint density at radius 1 is 1.00 bits per heavy atom. The standard InChI is InChI=1S/C17H23N3/c1-13(2)17(14-8-6-5-7-9-14)19-15-10-11-16(18-12-15)20(3)4/h5-13,17,19H,1-4H3. The number of nitrogens with zero attached hydrogens (tertiary/aromatic N) is 2. The summed E-state index contributed by atoms with van der Waals surface area (Å²) in [6.07, 6.45) is 1.90. The SMILES string of the molecule is CC(C)C(Nc1ccc(N(C)C)nc1)c1ccccc1. The van der Waals surface area contributed by atoms with Gasteiger partial charge in [0.1, 0.15) is 5.82 Å². The monoisotopic (exact) mass is 269 g/mol. The average molecular weight is 269 g/mol. The van der Waals surface area contributed by atoms with Crippen molar-refractivity contribution in [3.8, 4) is 0 Å². The van der Waals surface area contributed by atoms with E-state index in [-0.39, 0.29) is 0 Å². The van der Waals surface area contributed by atoms with Crippen molar-refractivity contribution < 1.29 is 0 Å². The topological polar surface area (TPSA) is 28.2 Å². The predicted octanol–water partition coefficient (Wildman–Crippen LogP) is 3.96. The molecule has 0 bridgehead atoms. The Kier molecular flexibility index (Phi) is 4.61. The molecular formula is C17H23N3. The second-order valence-electron chi connectivity index (χ2n) is 5.58. The van der Waals surface area contributed by atoms with Crippen LogP contribution in [0, 0.1) is 5.92 Å². The Morgan fingerprint density at radius 2 is 1.70 bits per heavy atom. The van der Waals surface area contributed by atoms with Crippen LogP contribution < -0.4 is 10.2 Å². The number of hydrogen-bond donors (Lipinski definition) is 1. The summed E-state index contributed by atoms with van der Waals surface area (Å²) < 4.78 is 0. The van der Waals surface area contributed by atoms with Crippen molar-refractivity contribution in [2.75, 3.05) is 24.3 Å². The molecule has 2 aromatic rings. The van der Waals surface area contributed by atoms with E-state index in [0.717, 1.165) is 11.5 Å². The highest BCUT2D eigenvalue weighted by molar-refractivity contribution is 5.49. The van der Waals surface area contributed by atoms with Gasteiger partial charge in [0.25, 0.3) is 0 Å². The van der Waals surface area contributed by atoms with E-state index in [9.17, 15) is 0 Å². The van der Waals surface area contributed by atoms with Gasteiger partial charge in [-0.1, -0.05) is 44.2 Å². The van der Waals surface area contributed by atoms with Gasteiger partial charge in [-0.25, -0.2) is 4.98 Å². The van der Waals surface area contributed by atoms with Crippen LogP contribution in [0.4, 0.5) is 11.5 Å². The van der Waals surface area contributed by atoms with Gasteiger partial charge in [0.2, 0.25) is 0 Å². The van der Waals surface area contributed by atoms with Gasteiger partial charge < -0.3 is 10.2 Å². The second-order valence-corrected chi connectivity index (χ2v) is 5.58. The molecule has 0 aliphatic rings. The summed E-state index contributed by atoms with van der Waals surface area (Å²) >= 11 is 0. The van der Waals surface area contributed by atoms with Crippen LogP contribution in [0.25, 0.3) is 0 Å². The third-order valence-corrected chi connectivity index (χ3v) is 3.35. The molecule has 0 saturated heterocycles. The van der Waals surface area contributed by atoms with Gasteiger partial charge in [0.05, 0.1) is 17.9 Å². The second kappa shape index (κ2) is 6.42. The molecule has 20 heavy (non-hydrogen) atoms. The van der Waals surface area contributed by atoms with E-state index in [1.165, 1.54) is 5.56 Å². The molecule has 1 heterocycles. The van der Waals surface area contributed by atoms with Gasteiger partial charge in [-0.15, -0.1) is 0 Å². The highest BCUT2D eigenvalue weighted by Crippen LogP contribution is 2.26. The lowest BCUT2D eigenvalue weighted by atomic mass is 9.96. The van der Waals surface area contributed by atoms with E-state index in [1.807, 2.05) is 37.3 Å². The first-order chi connectivity index (χ1) is 9.58. The fourth-order valence-electron chi connectivity index (χ4n) is 2.21. The summed E-state index contributed by atoms with van der Waals surface area (Å²) in [4.78, 5) is 6.45. The quantitative estimate of drug-likeness (QED) is 0.890. The fourth-order valence-corrected chi connectivity index (χ4v) is 2.21. The first-order valence-corrected chi connectivity index (χ1v) is 7.03. The molecule has 0 spiro atoms. The van der Waals surface area contributed by atoms with Gasteiger partial charge in [0, 0.05) is 14.1 Å². The lowest BCUT2D eigenvalue weighted by Gasteiger charge is -2.24. The number of benzene rings is 1. The lowest BCUT2D eigenvalue weighted by molar-refractivity contribution is 0.546. The first kappa shape index (κ1) is 14.4. The van der Waals surface area contributed by atoms with Crippen molar-refractivity contribution in [3.05, 3.63) is 54.2 Å². The molecule has 1 aromatic carbocycles. The minimum absolute atomic E-state index is 0.295. The Morgan fingerprint density at radius 3 is 2.20 bits per heavy atom. The molecule has 106 valence electrons. The van der Waals surface area contributed by atoms with Crippen molar-refractivity contribution in [2.24, 2.45) is 5.92 Å². The van der Waals surface area contributed by atoms with E-state index >= 15 is 0 Å². The van der Waals surface area contributed by atoms with Crippen molar-refractivity contribution in [3.63, 3.8) is 0 Å². The van der Waals surface area contributed by atoms with E-state index < -0.39 is 0 Å². The summed E-state index contributed by atoms with van der Waals surface area (Å²) in [6.45, 7) is 4.46. The molecular weight excluding hydrogens is 246 g/mol. The molecule has 1 aromatic heterocycles. The Labute approximate surface area is 121 Å². The van der Waals surface area contributed by atoms with E-state index in [4.69, 9.17) is 0 Å². The van der Waals surface area contributed by atoms with E-state index in [1.54, 1.807) is 0 Å². The Bertz CT molecular complexity index is 518. The number of pyridine rings is 1. The molecule has 3 nitrogen and oxygen atoms in total. The highest BCUT2D eigenvalue weighted by atomic mass is 15.1. The first-order valence-electron chi connectivity index (χ1n) is 7.03. The van der Waals surface area contributed by atoms with Gasteiger partial charge in [-0.2, -0.15) is 0 Å². The predicted molar refractivity (Wildman–Crippen MR) is 86.2 cm³/mol. The molecule has 1 N–H and O–H groups in total. The largest absolute Gasteiger partial charge is 0.377 e. The summed E-state index contributed by atoms with van der Waals surface area (Å²) in [7, 11) is 3.99. The summed E-state index contributed by atoms with van der Waals surface area (Å²) in [5.41, 5.74) is 2.36. The van der Waals surface area contributed by atoms with Crippen LogP contribution in [0.15, 0.2) is 48.7 Å². The van der Waals surface area contributed by atoms with Crippen molar-refractivity contribution in [1.82, 2.24) is 4.98 Å². The van der Waals surface area contributed by atoms with Crippen molar-refractivity contribution >= 4 is 11.5 Å². The molecule has 3 heteroatoms. The summed E-state index contributed by atoms with van der Waals surface area (Å²) in [5.74, 6) is 1.47. The Hall–Kier alpha value is -2.03. The molecule has 1 unspecified atom stereocenters. The van der Waals surface area contributed by atoms with Gasteiger partial charge in [-0.05, 0) is 23.6 Å². The fraction of sp³-hybridized carbons (Fsp3) is 0.353.